The number of hydrogen-bond acceptors (Lipinski definition) is 3. The van der Waals surface area contributed by atoms with Gasteiger partial charge in [0.2, 0.25) is 5.91 Å². The van der Waals surface area contributed by atoms with E-state index in [-0.39, 0.29) is 11.8 Å². The highest BCUT2D eigenvalue weighted by Crippen LogP contribution is 2.27. The Morgan fingerprint density at radius 2 is 2.12 bits per heavy atom. The lowest BCUT2D eigenvalue weighted by Crippen LogP contribution is -2.63. The first kappa shape index (κ1) is 13.5. The first-order chi connectivity index (χ1) is 7.54. The van der Waals surface area contributed by atoms with Crippen molar-refractivity contribution in [2.24, 2.45) is 11.7 Å². The first-order valence-corrected chi connectivity index (χ1v) is 6.25. The van der Waals surface area contributed by atoms with Crippen LogP contribution in [0.4, 0.5) is 0 Å². The maximum atomic E-state index is 11.8. The van der Waals surface area contributed by atoms with E-state index >= 15 is 0 Å². The minimum atomic E-state index is -0.616. The zero-order valence-electron chi connectivity index (χ0n) is 10.4. The summed E-state index contributed by atoms with van der Waals surface area (Å²) in [5.74, 6) is 0.422. The third-order valence-corrected chi connectivity index (χ3v) is 3.41. The van der Waals surface area contributed by atoms with Crippen LogP contribution in [0, 0.1) is 5.92 Å². The van der Waals surface area contributed by atoms with Gasteiger partial charge in [0.25, 0.3) is 0 Å². The van der Waals surface area contributed by atoms with Crippen molar-refractivity contribution >= 4 is 5.91 Å². The van der Waals surface area contributed by atoms with E-state index in [0.717, 1.165) is 19.3 Å². The highest BCUT2D eigenvalue weighted by Gasteiger charge is 2.42. The van der Waals surface area contributed by atoms with Crippen molar-refractivity contribution < 1.29 is 9.90 Å². The molecule has 1 aliphatic rings. The average molecular weight is 228 g/mol. The Hall–Kier alpha value is -0.610. The Morgan fingerprint density at radius 1 is 1.50 bits per heavy atom. The van der Waals surface area contributed by atoms with Gasteiger partial charge >= 0.3 is 0 Å². The smallest absolute Gasteiger partial charge is 0.223 e. The second-order valence-corrected chi connectivity index (χ2v) is 4.94. The largest absolute Gasteiger partial charge is 0.386 e. The Morgan fingerprint density at radius 3 is 2.56 bits per heavy atom. The Labute approximate surface area is 97.8 Å². The van der Waals surface area contributed by atoms with Gasteiger partial charge in [0.15, 0.2) is 0 Å². The number of amides is 1. The second-order valence-electron chi connectivity index (χ2n) is 4.94. The molecule has 0 radical (unpaired) electrons. The molecule has 0 aromatic carbocycles. The van der Waals surface area contributed by atoms with Gasteiger partial charge in [-0.2, -0.15) is 0 Å². The van der Waals surface area contributed by atoms with Gasteiger partial charge < -0.3 is 15.7 Å². The molecule has 1 saturated heterocycles. The third-order valence-electron chi connectivity index (χ3n) is 3.41. The molecular formula is C12H24N2O2. The van der Waals surface area contributed by atoms with Crippen molar-refractivity contribution in [2.45, 2.75) is 45.1 Å². The summed E-state index contributed by atoms with van der Waals surface area (Å²) in [7, 11) is 0. The summed E-state index contributed by atoms with van der Waals surface area (Å²) in [6.07, 6.45) is 3.20. The van der Waals surface area contributed by atoms with Crippen LogP contribution < -0.4 is 5.73 Å². The van der Waals surface area contributed by atoms with Crippen LogP contribution in [0.3, 0.4) is 0 Å². The van der Waals surface area contributed by atoms with E-state index in [1.54, 1.807) is 4.90 Å². The number of nitrogens with zero attached hydrogens (tertiary/aromatic N) is 1. The molecule has 0 aromatic heterocycles. The molecule has 3 N–H and O–H groups in total. The Balaban J connectivity index is 2.31. The van der Waals surface area contributed by atoms with Crippen LogP contribution in [0.2, 0.25) is 0 Å². The first-order valence-electron chi connectivity index (χ1n) is 6.25. The zero-order valence-corrected chi connectivity index (χ0v) is 10.4. The van der Waals surface area contributed by atoms with Crippen LogP contribution in [0.25, 0.3) is 0 Å². The molecule has 1 atom stereocenters. The van der Waals surface area contributed by atoms with Crippen LogP contribution >= 0.6 is 0 Å². The molecule has 1 amide bonds. The fraction of sp³-hybridized carbons (Fsp3) is 0.917. The molecule has 0 spiro atoms. The van der Waals surface area contributed by atoms with Crippen molar-refractivity contribution in [3.8, 4) is 0 Å². The third kappa shape index (κ3) is 3.19. The number of likely N-dealkylation sites (tertiary alicyclic amines) is 1. The number of β-amino-alcohol motifs (C(OH)–C–C–N with tert-alkyl or cyclic N) is 1. The van der Waals surface area contributed by atoms with E-state index in [2.05, 4.69) is 0 Å². The summed E-state index contributed by atoms with van der Waals surface area (Å²) < 4.78 is 0. The molecule has 0 saturated carbocycles. The summed E-state index contributed by atoms with van der Waals surface area (Å²) in [5, 5.41) is 9.96. The van der Waals surface area contributed by atoms with Crippen molar-refractivity contribution in [3.63, 3.8) is 0 Å². The normalized spacial score (nSPS) is 20.4. The van der Waals surface area contributed by atoms with E-state index in [1.807, 2.05) is 13.8 Å². The molecule has 4 nitrogen and oxygen atoms in total. The summed E-state index contributed by atoms with van der Waals surface area (Å²) in [4.78, 5) is 13.5. The van der Waals surface area contributed by atoms with Gasteiger partial charge in [-0.25, -0.2) is 0 Å². The van der Waals surface area contributed by atoms with Crippen LogP contribution in [0.5, 0.6) is 0 Å². The lowest BCUT2D eigenvalue weighted by atomic mass is 9.88. The molecule has 1 fully saturated rings. The lowest BCUT2D eigenvalue weighted by molar-refractivity contribution is -0.157. The molecule has 1 rings (SSSR count). The topological polar surface area (TPSA) is 66.6 Å². The van der Waals surface area contributed by atoms with Crippen molar-refractivity contribution in [3.05, 3.63) is 0 Å². The van der Waals surface area contributed by atoms with Gasteiger partial charge in [-0.05, 0) is 18.9 Å². The van der Waals surface area contributed by atoms with Crippen LogP contribution in [0.15, 0.2) is 0 Å². The maximum Gasteiger partial charge on any atom is 0.223 e. The van der Waals surface area contributed by atoms with E-state index < -0.39 is 5.60 Å². The number of nitrogens with two attached hydrogens (primary N) is 1. The molecule has 1 heterocycles. The molecule has 16 heavy (non-hydrogen) atoms. The molecule has 0 bridgehead atoms. The summed E-state index contributed by atoms with van der Waals surface area (Å²) in [6, 6.07) is 0. The Kier molecular flexibility index (Phi) is 4.74. The van der Waals surface area contributed by atoms with Crippen molar-refractivity contribution in [1.29, 1.82) is 0 Å². The van der Waals surface area contributed by atoms with Gasteiger partial charge in [-0.1, -0.05) is 26.7 Å². The van der Waals surface area contributed by atoms with E-state index in [4.69, 9.17) is 5.73 Å². The van der Waals surface area contributed by atoms with Gasteiger partial charge in [-0.3, -0.25) is 4.79 Å². The summed E-state index contributed by atoms with van der Waals surface area (Å²) >= 11 is 0. The molecule has 1 aliphatic heterocycles. The van der Waals surface area contributed by atoms with E-state index in [9.17, 15) is 9.90 Å². The number of carbonyl (C=O) groups is 1. The van der Waals surface area contributed by atoms with Crippen LogP contribution in [0.1, 0.15) is 39.5 Å². The molecule has 0 aliphatic carbocycles. The van der Waals surface area contributed by atoms with Crippen LogP contribution in [-0.4, -0.2) is 41.1 Å². The van der Waals surface area contributed by atoms with Crippen LogP contribution in [-0.2, 0) is 4.79 Å². The molecule has 1 unspecified atom stereocenters. The minimum absolute atomic E-state index is 0.137. The lowest BCUT2D eigenvalue weighted by Gasteiger charge is -2.47. The van der Waals surface area contributed by atoms with E-state index in [0.29, 0.717) is 26.1 Å². The summed E-state index contributed by atoms with van der Waals surface area (Å²) in [5.41, 5.74) is 4.96. The number of rotatable bonds is 6. The fourth-order valence-corrected chi connectivity index (χ4v) is 2.23. The molecular weight excluding hydrogens is 204 g/mol. The van der Waals surface area contributed by atoms with Gasteiger partial charge in [-0.15, -0.1) is 0 Å². The molecule has 0 aromatic rings. The highest BCUT2D eigenvalue weighted by molar-refractivity contribution is 5.77. The number of carbonyl (C=O) groups excluding carboxylic acids is 1. The van der Waals surface area contributed by atoms with Crippen molar-refractivity contribution in [1.82, 2.24) is 4.90 Å². The standard InChI is InChI=1S/C12H24N2O2/c1-3-5-12(16)8-14(9-12)11(15)6-10(4-2)7-13/h10,16H,3-9,13H2,1-2H3. The van der Waals surface area contributed by atoms with Crippen molar-refractivity contribution in [2.75, 3.05) is 19.6 Å². The quantitative estimate of drug-likeness (QED) is 0.704. The summed E-state index contributed by atoms with van der Waals surface area (Å²) in [6.45, 7) is 5.66. The predicted octanol–water partition coefficient (Wildman–Crippen LogP) is 0.735. The maximum absolute atomic E-state index is 11.8. The number of hydrogen-bond donors (Lipinski definition) is 2. The fourth-order valence-electron chi connectivity index (χ4n) is 2.23. The molecule has 94 valence electrons. The minimum Gasteiger partial charge on any atom is -0.386 e. The highest BCUT2D eigenvalue weighted by atomic mass is 16.3. The van der Waals surface area contributed by atoms with Gasteiger partial charge in [0.1, 0.15) is 0 Å². The Bertz CT molecular complexity index is 233. The van der Waals surface area contributed by atoms with Gasteiger partial charge in [0, 0.05) is 6.42 Å². The zero-order chi connectivity index (χ0) is 12.2. The molecule has 4 heteroatoms. The van der Waals surface area contributed by atoms with E-state index in [1.165, 1.54) is 0 Å². The predicted molar refractivity (Wildman–Crippen MR) is 63.9 cm³/mol. The second kappa shape index (κ2) is 5.64. The number of aliphatic hydroxyl groups is 1. The SMILES string of the molecule is CCCC1(O)CN(C(=O)CC(CC)CN)C1. The average Bonchev–Trinajstić information content (AvgIpc) is 2.22. The van der Waals surface area contributed by atoms with Gasteiger partial charge in [0.05, 0.1) is 18.7 Å². The monoisotopic (exact) mass is 228 g/mol.